The van der Waals surface area contributed by atoms with E-state index in [-0.39, 0.29) is 11.7 Å². The molecule has 4 aromatic heterocycles. The second-order valence-corrected chi connectivity index (χ2v) is 9.10. The lowest BCUT2D eigenvalue weighted by Gasteiger charge is -2.07. The molecule has 6 rings (SSSR count). The molecule has 38 heavy (non-hydrogen) atoms. The second kappa shape index (κ2) is 9.85. The van der Waals surface area contributed by atoms with Crippen LogP contribution in [0.5, 0.6) is 0 Å². The largest absolute Gasteiger partial charge is 0.335 e. The Labute approximate surface area is 217 Å². The SMILES string of the molecule is CCCCC(=O)Nc1cncc(-c2ccc3[nH]nc(-c4nc5nccc(-c6cccc(F)c6)c5[nH]4)c3c2)c1. The summed E-state index contributed by atoms with van der Waals surface area (Å²) in [6, 6.07) is 16.1. The number of carbonyl (C=O) groups is 1. The molecule has 0 saturated heterocycles. The van der Waals surface area contributed by atoms with E-state index in [0.717, 1.165) is 46.0 Å². The molecule has 0 spiro atoms. The lowest BCUT2D eigenvalue weighted by atomic mass is 10.0. The maximum Gasteiger partial charge on any atom is 0.224 e. The van der Waals surface area contributed by atoms with E-state index in [1.54, 1.807) is 24.7 Å². The molecule has 0 aliphatic carbocycles. The first-order chi connectivity index (χ1) is 18.6. The molecule has 6 aromatic rings. The van der Waals surface area contributed by atoms with E-state index in [0.29, 0.717) is 34.8 Å². The number of pyridine rings is 2. The zero-order chi connectivity index (χ0) is 26.1. The van der Waals surface area contributed by atoms with Crippen molar-refractivity contribution in [2.75, 3.05) is 5.32 Å². The van der Waals surface area contributed by atoms with Crippen LogP contribution in [0.25, 0.3) is 55.8 Å². The van der Waals surface area contributed by atoms with Crippen molar-refractivity contribution in [3.8, 4) is 33.8 Å². The minimum Gasteiger partial charge on any atom is -0.335 e. The van der Waals surface area contributed by atoms with E-state index in [1.165, 1.54) is 12.1 Å². The maximum atomic E-state index is 13.9. The topological polar surface area (TPSA) is 112 Å². The first-order valence-corrected chi connectivity index (χ1v) is 12.4. The third-order valence-corrected chi connectivity index (χ3v) is 6.43. The van der Waals surface area contributed by atoms with E-state index in [4.69, 9.17) is 0 Å². The molecule has 0 radical (unpaired) electrons. The average molecular weight is 506 g/mol. The van der Waals surface area contributed by atoms with Crippen molar-refractivity contribution in [2.24, 2.45) is 0 Å². The summed E-state index contributed by atoms with van der Waals surface area (Å²) >= 11 is 0. The molecule has 1 amide bonds. The first-order valence-electron chi connectivity index (χ1n) is 12.4. The number of benzene rings is 2. The molecule has 0 saturated carbocycles. The Kier molecular flexibility index (Phi) is 6.09. The van der Waals surface area contributed by atoms with Gasteiger partial charge < -0.3 is 10.3 Å². The summed E-state index contributed by atoms with van der Waals surface area (Å²) in [4.78, 5) is 28.9. The van der Waals surface area contributed by atoms with Crippen LogP contribution in [0.3, 0.4) is 0 Å². The number of unbranched alkanes of at least 4 members (excludes halogenated alkanes) is 1. The molecule has 0 aliphatic heterocycles. The minimum absolute atomic E-state index is 0.0190. The van der Waals surface area contributed by atoms with Gasteiger partial charge in [0.1, 0.15) is 11.5 Å². The quantitative estimate of drug-likeness (QED) is 0.229. The van der Waals surface area contributed by atoms with Crippen LogP contribution >= 0.6 is 0 Å². The van der Waals surface area contributed by atoms with Crippen molar-refractivity contribution < 1.29 is 9.18 Å². The number of anilines is 1. The summed E-state index contributed by atoms with van der Waals surface area (Å²) in [5.41, 5.74) is 6.69. The fraction of sp³-hybridized carbons (Fsp3) is 0.138. The average Bonchev–Trinajstić information content (AvgIpc) is 3.55. The number of imidazole rings is 1. The van der Waals surface area contributed by atoms with Gasteiger partial charge in [-0.3, -0.25) is 14.9 Å². The molecule has 3 N–H and O–H groups in total. The molecule has 8 nitrogen and oxygen atoms in total. The third-order valence-electron chi connectivity index (χ3n) is 6.43. The van der Waals surface area contributed by atoms with Gasteiger partial charge in [-0.25, -0.2) is 14.4 Å². The van der Waals surface area contributed by atoms with Crippen LogP contribution < -0.4 is 5.32 Å². The van der Waals surface area contributed by atoms with E-state index in [1.807, 2.05) is 36.4 Å². The van der Waals surface area contributed by atoms with Gasteiger partial charge >= 0.3 is 0 Å². The molecule has 0 fully saturated rings. The summed E-state index contributed by atoms with van der Waals surface area (Å²) in [6.45, 7) is 2.06. The fourth-order valence-electron chi connectivity index (χ4n) is 4.52. The molecular weight excluding hydrogens is 481 g/mol. The highest BCUT2D eigenvalue weighted by Crippen LogP contribution is 2.33. The number of carbonyl (C=O) groups excluding carboxylic acids is 1. The Morgan fingerprint density at radius 2 is 1.95 bits per heavy atom. The number of fused-ring (bicyclic) bond motifs is 2. The highest BCUT2D eigenvalue weighted by atomic mass is 19.1. The molecule has 188 valence electrons. The van der Waals surface area contributed by atoms with Crippen LogP contribution in [0.15, 0.2) is 73.2 Å². The Balaban J connectivity index is 1.37. The zero-order valence-electron chi connectivity index (χ0n) is 20.6. The molecule has 0 bridgehead atoms. The van der Waals surface area contributed by atoms with Crippen molar-refractivity contribution in [3.05, 3.63) is 79.0 Å². The van der Waals surface area contributed by atoms with Crippen LogP contribution in [0.1, 0.15) is 26.2 Å². The van der Waals surface area contributed by atoms with Gasteiger partial charge in [0.25, 0.3) is 0 Å². The van der Waals surface area contributed by atoms with Crippen LogP contribution in [-0.4, -0.2) is 36.0 Å². The van der Waals surface area contributed by atoms with Crippen molar-refractivity contribution in [3.63, 3.8) is 0 Å². The number of hydrogen-bond donors (Lipinski definition) is 3. The molecule has 0 atom stereocenters. The predicted octanol–water partition coefficient (Wildman–Crippen LogP) is 6.50. The smallest absolute Gasteiger partial charge is 0.224 e. The summed E-state index contributed by atoms with van der Waals surface area (Å²) < 4.78 is 13.9. The second-order valence-electron chi connectivity index (χ2n) is 9.10. The summed E-state index contributed by atoms with van der Waals surface area (Å²) in [5, 5.41) is 11.4. The number of halogens is 1. The molecule has 0 unspecified atom stereocenters. The number of aromatic amines is 2. The number of nitrogens with one attached hydrogen (secondary N) is 3. The van der Waals surface area contributed by atoms with Crippen LogP contribution in [0.2, 0.25) is 0 Å². The van der Waals surface area contributed by atoms with Crippen molar-refractivity contribution in [1.82, 2.24) is 30.1 Å². The van der Waals surface area contributed by atoms with Crippen LogP contribution in [-0.2, 0) is 4.79 Å². The van der Waals surface area contributed by atoms with Gasteiger partial charge in [-0.05, 0) is 53.9 Å². The third kappa shape index (κ3) is 4.50. The normalized spacial score (nSPS) is 11.3. The lowest BCUT2D eigenvalue weighted by molar-refractivity contribution is -0.116. The van der Waals surface area contributed by atoms with Gasteiger partial charge in [-0.2, -0.15) is 5.10 Å². The summed E-state index contributed by atoms with van der Waals surface area (Å²) in [7, 11) is 0. The van der Waals surface area contributed by atoms with Crippen molar-refractivity contribution in [1.29, 1.82) is 0 Å². The van der Waals surface area contributed by atoms with E-state index >= 15 is 0 Å². The van der Waals surface area contributed by atoms with Gasteiger partial charge in [0.05, 0.1) is 22.9 Å². The number of nitrogens with zero attached hydrogens (tertiary/aromatic N) is 4. The Morgan fingerprint density at radius 3 is 2.82 bits per heavy atom. The number of amides is 1. The Bertz CT molecular complexity index is 1790. The standard InChI is InChI=1S/C29H24FN7O/c1-2-3-7-25(38)33-21-13-19(15-31-16-21)17-8-9-24-23(14-17)27(37-36-24)29-34-26-22(10-11-32-28(26)35-29)18-5-4-6-20(30)12-18/h4-6,8-16H,2-3,7H2,1H3,(H,33,38)(H,36,37)(H,32,34,35). The number of H-pyrrole nitrogens is 2. The predicted molar refractivity (Wildman–Crippen MR) is 146 cm³/mol. The monoisotopic (exact) mass is 505 g/mol. The lowest BCUT2D eigenvalue weighted by Crippen LogP contribution is -2.11. The van der Waals surface area contributed by atoms with Gasteiger partial charge in [0, 0.05) is 35.3 Å². The first kappa shape index (κ1) is 23.5. The highest BCUT2D eigenvalue weighted by molar-refractivity contribution is 5.98. The molecule has 4 heterocycles. The molecule has 2 aromatic carbocycles. The van der Waals surface area contributed by atoms with Gasteiger partial charge in [0.15, 0.2) is 11.5 Å². The Hall–Kier alpha value is -4.92. The number of aromatic nitrogens is 6. The van der Waals surface area contributed by atoms with Crippen LogP contribution in [0.4, 0.5) is 10.1 Å². The number of rotatable bonds is 7. The van der Waals surface area contributed by atoms with Gasteiger partial charge in [0.2, 0.25) is 5.91 Å². The Morgan fingerprint density at radius 1 is 1.03 bits per heavy atom. The van der Waals surface area contributed by atoms with Gasteiger partial charge in [-0.1, -0.05) is 31.5 Å². The van der Waals surface area contributed by atoms with Gasteiger partial charge in [-0.15, -0.1) is 0 Å². The van der Waals surface area contributed by atoms with Crippen molar-refractivity contribution in [2.45, 2.75) is 26.2 Å². The summed E-state index contributed by atoms with van der Waals surface area (Å²) in [5.74, 6) is 0.224. The molecule has 9 heteroatoms. The highest BCUT2D eigenvalue weighted by Gasteiger charge is 2.17. The van der Waals surface area contributed by atoms with Crippen LogP contribution in [0, 0.1) is 5.82 Å². The van der Waals surface area contributed by atoms with Crippen molar-refractivity contribution >= 4 is 33.7 Å². The molecular formula is C29H24FN7O. The van der Waals surface area contributed by atoms with E-state index in [2.05, 4.69) is 42.4 Å². The summed E-state index contributed by atoms with van der Waals surface area (Å²) in [6.07, 6.45) is 7.37. The molecule has 0 aliphatic rings. The zero-order valence-corrected chi connectivity index (χ0v) is 20.6. The van der Waals surface area contributed by atoms with E-state index < -0.39 is 0 Å². The fourth-order valence-corrected chi connectivity index (χ4v) is 4.52. The van der Waals surface area contributed by atoms with E-state index in [9.17, 15) is 9.18 Å². The number of hydrogen-bond acceptors (Lipinski definition) is 5. The minimum atomic E-state index is -0.308. The maximum absolute atomic E-state index is 13.9.